The van der Waals surface area contributed by atoms with Crippen LogP contribution in [0.15, 0.2) is 12.3 Å². The van der Waals surface area contributed by atoms with Gasteiger partial charge in [-0.3, -0.25) is 0 Å². The second-order valence-corrected chi connectivity index (χ2v) is 18.7. The van der Waals surface area contributed by atoms with Crippen LogP contribution in [0.25, 0.3) is 0 Å². The molecule has 0 bridgehead atoms. The van der Waals surface area contributed by atoms with Gasteiger partial charge in [0.15, 0.2) is 13.9 Å². The molecule has 0 aliphatic rings. The lowest BCUT2D eigenvalue weighted by atomic mass is 10.1. The van der Waals surface area contributed by atoms with E-state index >= 15 is 0 Å². The van der Waals surface area contributed by atoms with Gasteiger partial charge >= 0.3 is 0 Å². The van der Waals surface area contributed by atoms with E-state index in [1.165, 1.54) is 0 Å². The van der Waals surface area contributed by atoms with Crippen LogP contribution in [0.5, 0.6) is 0 Å². The number of nitrogens with zero attached hydrogens (tertiary/aromatic N) is 1. The van der Waals surface area contributed by atoms with Crippen LogP contribution in [0.3, 0.4) is 0 Å². The van der Waals surface area contributed by atoms with E-state index in [-0.39, 0.29) is 10.1 Å². The topological polar surface area (TPSA) is 42.2 Å². The van der Waals surface area contributed by atoms with Crippen molar-refractivity contribution in [3.8, 4) is 6.07 Å². The van der Waals surface area contributed by atoms with Gasteiger partial charge in [0.25, 0.3) is 0 Å². The highest BCUT2D eigenvalue weighted by Crippen LogP contribution is 2.40. The molecule has 0 saturated carbocycles. The first-order valence-corrected chi connectivity index (χ1v) is 13.8. The third-order valence-electron chi connectivity index (χ3n) is 5.05. The Labute approximate surface area is 140 Å². The molecule has 5 heteroatoms. The van der Waals surface area contributed by atoms with Gasteiger partial charge in [0, 0.05) is 0 Å². The van der Waals surface area contributed by atoms with Gasteiger partial charge in [0.1, 0.15) is 6.07 Å². The summed E-state index contributed by atoms with van der Waals surface area (Å²) in [6.45, 7) is 23.6. The van der Waals surface area contributed by atoms with E-state index in [1.807, 2.05) is 6.92 Å². The zero-order chi connectivity index (χ0) is 18.0. The normalized spacial score (nSPS) is 17.2. The van der Waals surface area contributed by atoms with E-state index in [9.17, 15) is 5.26 Å². The van der Waals surface area contributed by atoms with Crippen molar-refractivity contribution in [3.05, 3.63) is 12.3 Å². The van der Waals surface area contributed by atoms with Crippen molar-refractivity contribution in [2.24, 2.45) is 0 Å². The maximum Gasteiger partial charge on any atom is 0.249 e. The van der Waals surface area contributed by atoms with Gasteiger partial charge in [-0.1, -0.05) is 41.5 Å². The molecule has 0 aliphatic carbocycles. The van der Waals surface area contributed by atoms with Crippen LogP contribution < -0.4 is 0 Å². The summed E-state index contributed by atoms with van der Waals surface area (Å²) in [5.74, 6) is 0. The molecule has 0 heterocycles. The Balaban J connectivity index is 5.15. The third-order valence-corrected chi connectivity index (χ3v) is 13.9. The van der Waals surface area contributed by atoms with Crippen LogP contribution in [-0.4, -0.2) is 22.2 Å². The van der Waals surface area contributed by atoms with E-state index in [4.69, 9.17) is 8.85 Å². The predicted molar refractivity (Wildman–Crippen MR) is 99.7 cm³/mol. The zero-order valence-electron chi connectivity index (χ0n) is 16.4. The molecular weight excluding hydrogens is 306 g/mol. The number of hydrogen-bond donors (Lipinski definition) is 0. The molecule has 1 atom stereocenters. The summed E-state index contributed by atoms with van der Waals surface area (Å²) in [5.41, 5.74) is -0.939. The molecule has 0 rings (SSSR count). The maximum absolute atomic E-state index is 9.56. The third kappa shape index (κ3) is 5.56. The summed E-state index contributed by atoms with van der Waals surface area (Å²) in [7, 11) is -3.86. The predicted octanol–water partition coefficient (Wildman–Crippen LogP) is 5.83. The standard InChI is InChI=1S/C17H35NO2Si2/c1-15(2,3)21(8,9)19-13-12-17(7,14-18)20-22(10,11)16(4,5)6/h12-13H,1-11H3/b13-12+/t17-/m0/s1. The highest BCUT2D eigenvalue weighted by Gasteiger charge is 2.43. The SMILES string of the molecule is CC(C)(C)[Si](C)(C)O/C=C/[C@@](C)(C#N)O[Si](C)(C)C(C)(C)C. The Bertz CT molecular complexity index is 451. The van der Waals surface area contributed by atoms with Gasteiger partial charge in [-0.05, 0) is 49.3 Å². The fourth-order valence-corrected chi connectivity index (χ4v) is 3.53. The highest BCUT2D eigenvalue weighted by atomic mass is 28.4. The quantitative estimate of drug-likeness (QED) is 0.467. The summed E-state index contributed by atoms with van der Waals surface area (Å²) in [5, 5.41) is 9.76. The molecule has 0 amide bonds. The number of rotatable bonds is 5. The fourth-order valence-electron chi connectivity index (χ4n) is 1.29. The second-order valence-electron chi connectivity index (χ2n) is 9.26. The van der Waals surface area contributed by atoms with E-state index in [0.29, 0.717) is 0 Å². The molecule has 0 spiro atoms. The maximum atomic E-state index is 9.56. The Morgan fingerprint density at radius 1 is 0.818 bits per heavy atom. The van der Waals surface area contributed by atoms with Gasteiger partial charge < -0.3 is 8.85 Å². The minimum atomic E-state index is -2.01. The largest absolute Gasteiger partial charge is 0.549 e. The van der Waals surface area contributed by atoms with Crippen LogP contribution in [-0.2, 0) is 8.85 Å². The summed E-state index contributed by atoms with van der Waals surface area (Å²) in [4.78, 5) is 0. The van der Waals surface area contributed by atoms with Crippen molar-refractivity contribution < 1.29 is 8.85 Å². The number of hydrogen-bond acceptors (Lipinski definition) is 3. The molecule has 0 unspecified atom stereocenters. The number of nitriles is 1. The molecule has 128 valence electrons. The van der Waals surface area contributed by atoms with E-state index in [2.05, 4.69) is 73.8 Å². The minimum absolute atomic E-state index is 0.0687. The molecule has 0 radical (unpaired) electrons. The summed E-state index contributed by atoms with van der Waals surface area (Å²) < 4.78 is 12.3. The van der Waals surface area contributed by atoms with Crippen molar-refractivity contribution in [1.82, 2.24) is 0 Å². The fraction of sp³-hybridized carbons (Fsp3) is 0.824. The Hall–Kier alpha value is -0.576. The highest BCUT2D eigenvalue weighted by molar-refractivity contribution is 6.74. The summed E-state index contributed by atoms with van der Waals surface area (Å²) in [6, 6.07) is 2.29. The zero-order valence-corrected chi connectivity index (χ0v) is 18.4. The van der Waals surface area contributed by atoms with Crippen LogP contribution in [0.2, 0.25) is 36.3 Å². The summed E-state index contributed by atoms with van der Waals surface area (Å²) >= 11 is 0. The van der Waals surface area contributed by atoms with E-state index in [1.54, 1.807) is 12.3 Å². The molecule has 22 heavy (non-hydrogen) atoms. The smallest absolute Gasteiger partial charge is 0.249 e. The van der Waals surface area contributed by atoms with Crippen molar-refractivity contribution in [2.45, 2.75) is 90.3 Å². The van der Waals surface area contributed by atoms with Crippen molar-refractivity contribution >= 4 is 16.6 Å². The first kappa shape index (κ1) is 21.4. The molecule has 0 aliphatic heterocycles. The van der Waals surface area contributed by atoms with Crippen molar-refractivity contribution in [1.29, 1.82) is 5.26 Å². The molecule has 0 fully saturated rings. The minimum Gasteiger partial charge on any atom is -0.549 e. The first-order chi connectivity index (χ1) is 9.47. The van der Waals surface area contributed by atoms with Gasteiger partial charge in [-0.2, -0.15) is 5.26 Å². The van der Waals surface area contributed by atoms with Gasteiger partial charge in [-0.25, -0.2) is 0 Å². The molecule has 3 nitrogen and oxygen atoms in total. The average Bonchev–Trinajstić information content (AvgIpc) is 2.24. The lowest BCUT2D eigenvalue weighted by molar-refractivity contribution is 0.175. The van der Waals surface area contributed by atoms with Crippen molar-refractivity contribution in [3.63, 3.8) is 0 Å². The van der Waals surface area contributed by atoms with Crippen LogP contribution >= 0.6 is 0 Å². The Kier molecular flexibility index (Phi) is 6.33. The van der Waals surface area contributed by atoms with Gasteiger partial charge in [0.2, 0.25) is 8.32 Å². The van der Waals surface area contributed by atoms with Gasteiger partial charge in [0.05, 0.1) is 6.26 Å². The van der Waals surface area contributed by atoms with Crippen LogP contribution in [0.1, 0.15) is 48.5 Å². The van der Waals surface area contributed by atoms with E-state index in [0.717, 1.165) is 0 Å². The van der Waals surface area contributed by atoms with Crippen molar-refractivity contribution in [2.75, 3.05) is 0 Å². The first-order valence-electron chi connectivity index (χ1n) is 7.94. The molecular formula is C17H35NO2Si2. The van der Waals surface area contributed by atoms with Gasteiger partial charge in [-0.15, -0.1) is 0 Å². The molecule has 0 N–H and O–H groups in total. The van der Waals surface area contributed by atoms with Crippen LogP contribution in [0, 0.1) is 11.3 Å². The summed E-state index contributed by atoms with van der Waals surface area (Å²) in [6.07, 6.45) is 3.46. The lowest BCUT2D eigenvalue weighted by Crippen LogP contribution is -2.47. The molecule has 0 aromatic heterocycles. The average molecular weight is 342 g/mol. The van der Waals surface area contributed by atoms with E-state index < -0.39 is 22.2 Å². The Morgan fingerprint density at radius 2 is 1.23 bits per heavy atom. The Morgan fingerprint density at radius 3 is 1.55 bits per heavy atom. The molecule has 0 saturated heterocycles. The monoisotopic (exact) mass is 341 g/mol. The molecule has 0 aromatic rings. The lowest BCUT2D eigenvalue weighted by Gasteiger charge is -2.40. The van der Waals surface area contributed by atoms with Crippen LogP contribution in [0.4, 0.5) is 0 Å². The molecule has 0 aromatic carbocycles. The second kappa shape index (κ2) is 6.50.